The zero-order valence-electron chi connectivity index (χ0n) is 14.9. The number of allylic oxidation sites excluding steroid dienone is 2. The third-order valence-electron chi connectivity index (χ3n) is 4.00. The van der Waals surface area contributed by atoms with Gasteiger partial charge in [0.15, 0.2) is 0 Å². The van der Waals surface area contributed by atoms with E-state index in [4.69, 9.17) is 0 Å². The molecule has 0 aliphatic rings. The van der Waals surface area contributed by atoms with Gasteiger partial charge in [-0.25, -0.2) is 0 Å². The lowest BCUT2D eigenvalue weighted by Crippen LogP contribution is -2.40. The van der Waals surface area contributed by atoms with E-state index in [0.29, 0.717) is 13.1 Å². The van der Waals surface area contributed by atoms with Crippen molar-refractivity contribution in [2.75, 3.05) is 13.1 Å². The van der Waals surface area contributed by atoms with Crippen LogP contribution in [0.5, 0.6) is 0 Å². The summed E-state index contributed by atoms with van der Waals surface area (Å²) in [5.74, 6) is 0. The van der Waals surface area contributed by atoms with Gasteiger partial charge in [-0.1, -0.05) is 55.5 Å². The van der Waals surface area contributed by atoms with Gasteiger partial charge in [0.25, 0.3) is 0 Å². The van der Waals surface area contributed by atoms with E-state index in [1.54, 1.807) is 0 Å². The minimum Gasteiger partial charge on any atom is -0.390 e. The maximum atomic E-state index is 10.2. The minimum atomic E-state index is -0.406. The second kappa shape index (κ2) is 11.2. The second-order valence-electron chi connectivity index (χ2n) is 5.92. The van der Waals surface area contributed by atoms with E-state index >= 15 is 0 Å². The molecule has 0 saturated heterocycles. The maximum absolute atomic E-state index is 10.2. The van der Waals surface area contributed by atoms with Crippen LogP contribution in [0, 0.1) is 0 Å². The van der Waals surface area contributed by atoms with E-state index in [2.05, 4.69) is 61.8 Å². The molecule has 0 spiro atoms. The highest BCUT2D eigenvalue weighted by atomic mass is 16.3. The van der Waals surface area contributed by atoms with Crippen molar-refractivity contribution < 1.29 is 5.11 Å². The molecule has 1 aromatic rings. The van der Waals surface area contributed by atoms with E-state index in [1.165, 1.54) is 11.1 Å². The first-order valence-electron chi connectivity index (χ1n) is 8.61. The summed E-state index contributed by atoms with van der Waals surface area (Å²) < 4.78 is 0. The Morgan fingerprint density at radius 3 is 2.39 bits per heavy atom. The maximum Gasteiger partial charge on any atom is 0.0789 e. The number of aliphatic hydroxyl groups excluding tert-OH is 1. The molecule has 3 nitrogen and oxygen atoms in total. The lowest BCUT2D eigenvalue weighted by molar-refractivity contribution is 0.163. The Balaban J connectivity index is 2.33. The Bertz CT molecular complexity index is 482. The van der Waals surface area contributed by atoms with Gasteiger partial charge in [-0.05, 0) is 38.3 Å². The van der Waals surface area contributed by atoms with E-state index in [-0.39, 0.29) is 12.1 Å². The summed E-state index contributed by atoms with van der Waals surface area (Å²) in [5, 5.41) is 16.9. The van der Waals surface area contributed by atoms with Crippen LogP contribution < -0.4 is 10.6 Å². The molecule has 3 unspecified atom stereocenters. The van der Waals surface area contributed by atoms with Crippen molar-refractivity contribution in [2.45, 2.75) is 52.3 Å². The molecule has 0 aliphatic heterocycles. The third-order valence-corrected chi connectivity index (χ3v) is 4.00. The number of hydrogen-bond donors (Lipinski definition) is 3. The Kier molecular flexibility index (Phi) is 9.53. The smallest absolute Gasteiger partial charge is 0.0789 e. The number of rotatable bonds is 10. The van der Waals surface area contributed by atoms with Crippen LogP contribution in [0.4, 0.5) is 0 Å². The van der Waals surface area contributed by atoms with Crippen molar-refractivity contribution in [2.24, 2.45) is 0 Å². The van der Waals surface area contributed by atoms with Crippen molar-refractivity contribution in [1.82, 2.24) is 10.6 Å². The highest BCUT2D eigenvalue weighted by Crippen LogP contribution is 2.10. The van der Waals surface area contributed by atoms with Crippen LogP contribution in [0.3, 0.4) is 0 Å². The molecule has 3 atom stereocenters. The zero-order valence-corrected chi connectivity index (χ0v) is 14.9. The molecule has 0 saturated carbocycles. The molecular weight excluding hydrogens is 284 g/mol. The highest BCUT2D eigenvalue weighted by molar-refractivity contribution is 5.23. The Hall–Kier alpha value is -1.42. The van der Waals surface area contributed by atoms with Gasteiger partial charge in [-0.2, -0.15) is 0 Å². The Morgan fingerprint density at radius 1 is 1.13 bits per heavy atom. The number of hydrogen-bond acceptors (Lipinski definition) is 3. The van der Waals surface area contributed by atoms with Crippen LogP contribution in [-0.2, 0) is 0 Å². The molecule has 0 fully saturated rings. The molecule has 0 amide bonds. The van der Waals surface area contributed by atoms with Gasteiger partial charge in [0.2, 0.25) is 0 Å². The molecule has 1 aromatic carbocycles. The third kappa shape index (κ3) is 7.60. The number of nitrogens with one attached hydrogen (secondary N) is 2. The predicted octanol–water partition coefficient (Wildman–Crippen LogP) is 3.59. The molecule has 0 radical (unpaired) electrons. The first-order chi connectivity index (χ1) is 11.1. The molecule has 0 aliphatic carbocycles. The fraction of sp³-hybridized carbons (Fsp3) is 0.500. The van der Waals surface area contributed by atoms with Gasteiger partial charge in [-0.15, -0.1) is 0 Å². The summed E-state index contributed by atoms with van der Waals surface area (Å²) in [6, 6.07) is 10.8. The van der Waals surface area contributed by atoms with Crippen LogP contribution in [0.25, 0.3) is 0 Å². The Labute approximate surface area is 141 Å². The SMILES string of the molecule is C/C=C(\C=C/CC)C(C)NCC(O)CNC(C)c1ccccc1. The monoisotopic (exact) mass is 316 g/mol. The molecule has 1 rings (SSSR count). The quantitative estimate of drug-likeness (QED) is 0.578. The fourth-order valence-electron chi connectivity index (χ4n) is 2.42. The summed E-state index contributed by atoms with van der Waals surface area (Å²) in [7, 11) is 0. The topological polar surface area (TPSA) is 44.3 Å². The van der Waals surface area contributed by atoms with Crippen LogP contribution in [0.15, 0.2) is 54.1 Å². The standard InChI is InChI=1S/C20H32N2O/c1-5-7-11-18(6-2)16(3)21-14-20(23)15-22-17(4)19-12-9-8-10-13-19/h6-13,16-17,20-23H,5,14-15H2,1-4H3/b11-7-,18-6+. The molecular formula is C20H32N2O. The van der Waals surface area contributed by atoms with Gasteiger partial charge in [0.05, 0.1) is 6.10 Å². The molecule has 3 heteroatoms. The first kappa shape index (κ1) is 19.6. The first-order valence-corrected chi connectivity index (χ1v) is 8.61. The largest absolute Gasteiger partial charge is 0.390 e. The average molecular weight is 316 g/mol. The lowest BCUT2D eigenvalue weighted by atomic mass is 10.1. The molecule has 3 N–H and O–H groups in total. The van der Waals surface area contributed by atoms with Gasteiger partial charge < -0.3 is 15.7 Å². The zero-order chi connectivity index (χ0) is 17.1. The molecule has 128 valence electrons. The van der Waals surface area contributed by atoms with Crippen molar-refractivity contribution in [1.29, 1.82) is 0 Å². The molecule has 0 heterocycles. The lowest BCUT2D eigenvalue weighted by Gasteiger charge is -2.20. The van der Waals surface area contributed by atoms with Gasteiger partial charge in [0.1, 0.15) is 0 Å². The van der Waals surface area contributed by atoms with Gasteiger partial charge in [0, 0.05) is 25.2 Å². The minimum absolute atomic E-state index is 0.238. The fourth-order valence-corrected chi connectivity index (χ4v) is 2.42. The van der Waals surface area contributed by atoms with Crippen molar-refractivity contribution in [3.8, 4) is 0 Å². The second-order valence-corrected chi connectivity index (χ2v) is 5.92. The number of benzene rings is 1. The van der Waals surface area contributed by atoms with Gasteiger partial charge in [-0.3, -0.25) is 0 Å². The van der Waals surface area contributed by atoms with Crippen LogP contribution in [0.2, 0.25) is 0 Å². The van der Waals surface area contributed by atoms with Crippen molar-refractivity contribution >= 4 is 0 Å². The summed E-state index contributed by atoms with van der Waals surface area (Å²) in [6.07, 6.45) is 7.06. The van der Waals surface area contributed by atoms with Crippen molar-refractivity contribution in [3.63, 3.8) is 0 Å². The number of aliphatic hydroxyl groups is 1. The normalized spacial score (nSPS) is 16.5. The predicted molar refractivity (Wildman–Crippen MR) is 99.5 cm³/mol. The van der Waals surface area contributed by atoms with Crippen LogP contribution in [-0.4, -0.2) is 30.3 Å². The van der Waals surface area contributed by atoms with Crippen LogP contribution >= 0.6 is 0 Å². The molecule has 0 aromatic heterocycles. The summed E-state index contributed by atoms with van der Waals surface area (Å²) >= 11 is 0. The summed E-state index contributed by atoms with van der Waals surface area (Å²) in [4.78, 5) is 0. The average Bonchev–Trinajstić information content (AvgIpc) is 2.59. The molecule has 23 heavy (non-hydrogen) atoms. The van der Waals surface area contributed by atoms with E-state index in [9.17, 15) is 5.11 Å². The molecule has 0 bridgehead atoms. The Morgan fingerprint density at radius 2 is 1.78 bits per heavy atom. The highest BCUT2D eigenvalue weighted by Gasteiger charge is 2.11. The summed E-state index contributed by atoms with van der Waals surface area (Å²) in [6.45, 7) is 9.57. The summed E-state index contributed by atoms with van der Waals surface area (Å²) in [5.41, 5.74) is 2.49. The van der Waals surface area contributed by atoms with E-state index in [1.807, 2.05) is 25.1 Å². The van der Waals surface area contributed by atoms with Crippen molar-refractivity contribution in [3.05, 3.63) is 59.7 Å². The van der Waals surface area contributed by atoms with Crippen LogP contribution in [0.1, 0.15) is 45.7 Å². The van der Waals surface area contributed by atoms with E-state index in [0.717, 1.165) is 6.42 Å². The van der Waals surface area contributed by atoms with E-state index < -0.39 is 6.10 Å². The van der Waals surface area contributed by atoms with Gasteiger partial charge >= 0.3 is 0 Å².